The molecule has 0 radical (unpaired) electrons. The summed E-state index contributed by atoms with van der Waals surface area (Å²) in [6.07, 6.45) is 6.41. The van der Waals surface area contributed by atoms with Crippen LogP contribution in [0.4, 0.5) is 0 Å². The molecule has 2 aromatic carbocycles. The number of hydrogen-bond acceptors (Lipinski definition) is 4. The summed E-state index contributed by atoms with van der Waals surface area (Å²) in [5.74, 6) is 0.513. The first-order chi connectivity index (χ1) is 17.1. The molecule has 2 amide bonds. The maximum Gasteiger partial charge on any atom is 0.247 e. The number of hydrogen-bond donors (Lipinski definition) is 1. The molecule has 3 aromatic rings. The number of thiophene rings is 1. The Morgan fingerprint density at radius 3 is 2.54 bits per heavy atom. The average Bonchev–Trinajstić information content (AvgIpc) is 3.40. The lowest BCUT2D eigenvalue weighted by atomic mass is 9.94. The normalized spacial score (nSPS) is 14.8. The van der Waals surface area contributed by atoms with Crippen molar-refractivity contribution in [1.29, 1.82) is 0 Å². The molecule has 1 fully saturated rings. The third-order valence-electron chi connectivity index (χ3n) is 6.63. The van der Waals surface area contributed by atoms with Crippen LogP contribution in [0.25, 0.3) is 0 Å². The molecule has 1 saturated carbocycles. The minimum atomic E-state index is -0.719. The summed E-state index contributed by atoms with van der Waals surface area (Å²) < 4.78 is 5.46. The van der Waals surface area contributed by atoms with Gasteiger partial charge in [0.15, 0.2) is 0 Å². The number of carbonyl (C=O) groups excluding carboxylic acids is 2. The molecule has 1 heterocycles. The molecule has 4 rings (SSSR count). The monoisotopic (exact) mass is 490 g/mol. The second-order valence-corrected chi connectivity index (χ2v) is 10.1. The van der Waals surface area contributed by atoms with Crippen LogP contribution in [-0.2, 0) is 22.4 Å². The lowest BCUT2D eigenvalue weighted by Gasteiger charge is -2.33. The summed E-state index contributed by atoms with van der Waals surface area (Å²) in [6.45, 7) is 0.453. The van der Waals surface area contributed by atoms with E-state index in [2.05, 4.69) is 17.4 Å². The van der Waals surface area contributed by atoms with E-state index in [0.29, 0.717) is 18.7 Å². The first kappa shape index (κ1) is 25.0. The molecule has 0 bridgehead atoms. The van der Waals surface area contributed by atoms with Crippen LogP contribution in [0.2, 0.25) is 0 Å². The maximum absolute atomic E-state index is 13.8. The molecular formula is C29H34N2O3S. The number of methoxy groups -OCH3 is 1. The fourth-order valence-corrected chi connectivity index (χ4v) is 5.46. The smallest absolute Gasteiger partial charge is 0.247 e. The third-order valence-corrected chi connectivity index (χ3v) is 7.51. The van der Waals surface area contributed by atoms with Crippen molar-refractivity contribution in [2.45, 2.75) is 57.0 Å². The van der Waals surface area contributed by atoms with Gasteiger partial charge in [0.1, 0.15) is 11.8 Å². The summed E-state index contributed by atoms with van der Waals surface area (Å²) in [7, 11) is 1.62. The van der Waals surface area contributed by atoms with Gasteiger partial charge < -0.3 is 15.0 Å². The Morgan fingerprint density at radius 1 is 1.03 bits per heavy atom. The lowest BCUT2D eigenvalue weighted by Crippen LogP contribution is -2.48. The zero-order valence-corrected chi connectivity index (χ0v) is 21.1. The van der Waals surface area contributed by atoms with Gasteiger partial charge >= 0.3 is 0 Å². The molecule has 1 aromatic heterocycles. The molecule has 0 unspecified atom stereocenters. The van der Waals surface area contributed by atoms with Crippen LogP contribution >= 0.6 is 11.3 Å². The number of carbonyl (C=O) groups is 2. The quantitative estimate of drug-likeness (QED) is 0.405. The third kappa shape index (κ3) is 6.95. The fraction of sp³-hybridized carbons (Fsp3) is 0.379. The average molecular weight is 491 g/mol. The topological polar surface area (TPSA) is 58.6 Å². The minimum Gasteiger partial charge on any atom is -0.497 e. The van der Waals surface area contributed by atoms with Gasteiger partial charge in [0.25, 0.3) is 0 Å². The Hall–Kier alpha value is -3.12. The van der Waals surface area contributed by atoms with Gasteiger partial charge in [0.2, 0.25) is 11.8 Å². The molecule has 5 nitrogen and oxygen atoms in total. The number of benzene rings is 2. The van der Waals surface area contributed by atoms with Crippen molar-refractivity contribution in [3.63, 3.8) is 0 Å². The number of ether oxygens (including phenoxy) is 1. The number of amides is 2. The van der Waals surface area contributed by atoms with E-state index in [1.54, 1.807) is 23.3 Å². The molecule has 6 heteroatoms. The second kappa shape index (κ2) is 12.5. The summed E-state index contributed by atoms with van der Waals surface area (Å²) >= 11 is 1.57. The molecule has 0 spiro atoms. The highest BCUT2D eigenvalue weighted by molar-refractivity contribution is 7.10. The molecule has 1 N–H and O–H groups in total. The highest BCUT2D eigenvalue weighted by Crippen LogP contribution is 2.28. The van der Waals surface area contributed by atoms with E-state index in [4.69, 9.17) is 4.74 Å². The van der Waals surface area contributed by atoms with Gasteiger partial charge in [-0.1, -0.05) is 67.8 Å². The van der Waals surface area contributed by atoms with E-state index in [9.17, 15) is 9.59 Å². The highest BCUT2D eigenvalue weighted by Gasteiger charge is 2.33. The largest absolute Gasteiger partial charge is 0.497 e. The van der Waals surface area contributed by atoms with Gasteiger partial charge in [0, 0.05) is 17.5 Å². The van der Waals surface area contributed by atoms with Gasteiger partial charge in [-0.25, -0.2) is 0 Å². The molecule has 1 atom stereocenters. The standard InChI is InChI=1S/C29H34N2O3S/c1-34-25-15-8-12-23(20-25)28(29(33)30-24-13-6-3-7-14-24)31(18-17-22-10-4-2-5-11-22)27(32)21-26-16-9-19-35-26/h2,4-5,8-12,15-16,19-20,24,28H,3,6-7,13-14,17-18,21H2,1H3,(H,30,33)/t28-/m1/s1. The van der Waals surface area contributed by atoms with Crippen molar-refractivity contribution >= 4 is 23.2 Å². The van der Waals surface area contributed by atoms with E-state index >= 15 is 0 Å². The Balaban J connectivity index is 1.65. The van der Waals surface area contributed by atoms with Gasteiger partial charge in [-0.15, -0.1) is 11.3 Å². The lowest BCUT2D eigenvalue weighted by molar-refractivity contribution is -0.140. The number of nitrogens with zero attached hydrogens (tertiary/aromatic N) is 1. The first-order valence-corrected chi connectivity index (χ1v) is 13.3. The Bertz CT molecular complexity index is 1080. The Kier molecular flexibility index (Phi) is 8.96. The summed E-state index contributed by atoms with van der Waals surface area (Å²) in [5, 5.41) is 5.25. The van der Waals surface area contributed by atoms with Crippen molar-refractivity contribution in [2.24, 2.45) is 0 Å². The molecule has 0 saturated heterocycles. The molecule has 0 aliphatic heterocycles. The van der Waals surface area contributed by atoms with E-state index in [1.165, 1.54) is 6.42 Å². The van der Waals surface area contributed by atoms with Gasteiger partial charge in [-0.3, -0.25) is 9.59 Å². The summed E-state index contributed by atoms with van der Waals surface area (Å²) in [6, 6.07) is 21.0. The summed E-state index contributed by atoms with van der Waals surface area (Å²) in [4.78, 5) is 30.3. The van der Waals surface area contributed by atoms with Crippen LogP contribution in [0.3, 0.4) is 0 Å². The van der Waals surface area contributed by atoms with Crippen molar-refractivity contribution in [3.05, 3.63) is 88.1 Å². The minimum absolute atomic E-state index is 0.0463. The predicted molar refractivity (Wildman–Crippen MR) is 141 cm³/mol. The molecular weight excluding hydrogens is 456 g/mol. The molecule has 1 aliphatic rings. The second-order valence-electron chi connectivity index (χ2n) is 9.10. The van der Waals surface area contributed by atoms with Crippen molar-refractivity contribution in [1.82, 2.24) is 10.2 Å². The van der Waals surface area contributed by atoms with Crippen LogP contribution in [0.15, 0.2) is 72.1 Å². The van der Waals surface area contributed by atoms with E-state index in [0.717, 1.165) is 41.7 Å². The van der Waals surface area contributed by atoms with E-state index in [-0.39, 0.29) is 24.3 Å². The molecule has 184 valence electrons. The van der Waals surface area contributed by atoms with Crippen molar-refractivity contribution < 1.29 is 14.3 Å². The summed E-state index contributed by atoms with van der Waals surface area (Å²) in [5.41, 5.74) is 1.91. The SMILES string of the molecule is COc1cccc([C@H](C(=O)NC2CCCCC2)N(CCc2ccccc2)C(=O)Cc2cccs2)c1. The number of rotatable bonds is 10. The Labute approximate surface area is 212 Å². The van der Waals surface area contributed by atoms with Crippen LogP contribution in [0, 0.1) is 0 Å². The van der Waals surface area contributed by atoms with Gasteiger partial charge in [-0.05, 0) is 54.0 Å². The van der Waals surface area contributed by atoms with Crippen molar-refractivity contribution in [2.75, 3.05) is 13.7 Å². The molecule has 1 aliphatic carbocycles. The van der Waals surface area contributed by atoms with E-state index in [1.807, 2.05) is 60.0 Å². The Morgan fingerprint density at radius 2 is 1.83 bits per heavy atom. The highest BCUT2D eigenvalue weighted by atomic mass is 32.1. The van der Waals surface area contributed by atoms with Crippen LogP contribution in [0.5, 0.6) is 5.75 Å². The zero-order valence-electron chi connectivity index (χ0n) is 20.3. The van der Waals surface area contributed by atoms with Gasteiger partial charge in [-0.2, -0.15) is 0 Å². The van der Waals surface area contributed by atoms with Crippen molar-refractivity contribution in [3.8, 4) is 5.75 Å². The van der Waals surface area contributed by atoms with Crippen LogP contribution in [0.1, 0.15) is 54.1 Å². The maximum atomic E-state index is 13.8. The first-order valence-electron chi connectivity index (χ1n) is 12.4. The van der Waals surface area contributed by atoms with E-state index < -0.39 is 6.04 Å². The zero-order chi connectivity index (χ0) is 24.5. The van der Waals surface area contributed by atoms with Gasteiger partial charge in [0.05, 0.1) is 13.5 Å². The fourth-order valence-electron chi connectivity index (χ4n) is 4.77. The number of nitrogens with one attached hydrogen (secondary N) is 1. The van der Waals surface area contributed by atoms with Crippen LogP contribution in [-0.4, -0.2) is 36.4 Å². The molecule has 35 heavy (non-hydrogen) atoms. The van der Waals surface area contributed by atoms with Crippen LogP contribution < -0.4 is 10.1 Å². The predicted octanol–water partition coefficient (Wildman–Crippen LogP) is 5.56.